The van der Waals surface area contributed by atoms with Gasteiger partial charge < -0.3 is 4.74 Å². The van der Waals surface area contributed by atoms with Crippen molar-refractivity contribution in [2.45, 2.75) is 13.2 Å². The first-order valence-electron chi connectivity index (χ1n) is 10.1. The number of rotatable bonds is 6. The first kappa shape index (κ1) is 21.0. The second-order valence-corrected chi connectivity index (χ2v) is 7.12. The molecule has 0 N–H and O–H groups in total. The minimum absolute atomic E-state index is 0.123. The van der Waals surface area contributed by atoms with Crippen molar-refractivity contribution in [2.75, 3.05) is 7.05 Å². The number of pyridine rings is 1. The van der Waals surface area contributed by atoms with Crippen molar-refractivity contribution in [1.29, 1.82) is 0 Å². The van der Waals surface area contributed by atoms with Crippen LogP contribution in [0.25, 0.3) is 17.1 Å². The van der Waals surface area contributed by atoms with Crippen molar-refractivity contribution in [3.63, 3.8) is 0 Å². The summed E-state index contributed by atoms with van der Waals surface area (Å²) in [5, 5.41) is 0.381. The lowest BCUT2D eigenvalue weighted by atomic mass is 10.1. The summed E-state index contributed by atoms with van der Waals surface area (Å²) in [4.78, 5) is 34.3. The molecule has 0 aliphatic heterocycles. The Morgan fingerprint density at radius 1 is 1.09 bits per heavy atom. The van der Waals surface area contributed by atoms with Gasteiger partial charge in [-0.1, -0.05) is 36.9 Å². The van der Waals surface area contributed by atoms with Crippen molar-refractivity contribution >= 4 is 23.1 Å². The Morgan fingerprint density at radius 3 is 2.53 bits per heavy atom. The monoisotopic (exact) mass is 426 g/mol. The minimum Gasteiger partial charge on any atom is -0.457 e. The molecule has 0 aliphatic carbocycles. The van der Waals surface area contributed by atoms with Gasteiger partial charge in [0.05, 0.1) is 23.0 Å². The average molecular weight is 426 g/mol. The molecule has 0 amide bonds. The highest BCUT2D eigenvalue weighted by molar-refractivity contribution is 5.94. The van der Waals surface area contributed by atoms with Crippen LogP contribution in [0.4, 0.5) is 0 Å². The molecule has 7 heteroatoms. The molecule has 0 radical (unpaired) electrons. The fourth-order valence-electron chi connectivity index (χ4n) is 3.55. The van der Waals surface area contributed by atoms with Gasteiger partial charge in [0.25, 0.3) is 5.56 Å². The lowest BCUT2D eigenvalue weighted by Gasteiger charge is -2.14. The number of hydrogen-bond acceptors (Lipinski definition) is 5. The number of nitrogens with zero attached hydrogens (tertiary/aromatic N) is 4. The molecular formula is C25H22N4O3. The second-order valence-electron chi connectivity index (χ2n) is 7.12. The van der Waals surface area contributed by atoms with Gasteiger partial charge in [0.1, 0.15) is 6.61 Å². The van der Waals surface area contributed by atoms with Gasteiger partial charge in [-0.3, -0.25) is 23.9 Å². The molecule has 0 unspecified atom stereocenters. The molecule has 32 heavy (non-hydrogen) atoms. The van der Waals surface area contributed by atoms with Gasteiger partial charge in [-0.25, -0.2) is 4.79 Å². The van der Waals surface area contributed by atoms with Crippen molar-refractivity contribution in [3.05, 3.63) is 112 Å². The van der Waals surface area contributed by atoms with E-state index >= 15 is 0 Å². The number of benzene rings is 2. The number of ether oxygens (including phenoxy) is 1. The van der Waals surface area contributed by atoms with E-state index in [0.29, 0.717) is 28.6 Å². The zero-order valence-corrected chi connectivity index (χ0v) is 17.6. The van der Waals surface area contributed by atoms with E-state index in [0.717, 1.165) is 11.1 Å². The van der Waals surface area contributed by atoms with Gasteiger partial charge in [0.15, 0.2) is 0 Å². The molecule has 0 aliphatic rings. The minimum atomic E-state index is -0.507. The highest BCUT2D eigenvalue weighted by atomic mass is 16.5. The van der Waals surface area contributed by atoms with E-state index in [1.807, 2.05) is 30.3 Å². The van der Waals surface area contributed by atoms with Gasteiger partial charge in [0, 0.05) is 25.6 Å². The number of hydrogen-bond donors (Lipinski definition) is 0. The lowest BCUT2D eigenvalue weighted by Crippen LogP contribution is -2.40. The van der Waals surface area contributed by atoms with Gasteiger partial charge in [0.2, 0.25) is 5.62 Å². The van der Waals surface area contributed by atoms with Crippen LogP contribution in [0, 0.1) is 0 Å². The highest BCUT2D eigenvalue weighted by Crippen LogP contribution is 2.14. The number of carbonyl (C=O) groups is 1. The first-order chi connectivity index (χ1) is 15.6. The van der Waals surface area contributed by atoms with Crippen LogP contribution in [-0.2, 0) is 17.9 Å². The van der Waals surface area contributed by atoms with E-state index in [4.69, 9.17) is 4.74 Å². The Labute approximate surface area is 184 Å². The summed E-state index contributed by atoms with van der Waals surface area (Å²) in [5.74, 6) is -0.507. The molecule has 0 saturated carbocycles. The summed E-state index contributed by atoms with van der Waals surface area (Å²) in [5.41, 5.74) is 2.92. The van der Waals surface area contributed by atoms with Crippen molar-refractivity contribution in [2.24, 2.45) is 4.99 Å². The highest BCUT2D eigenvalue weighted by Gasteiger charge is 2.15. The Morgan fingerprint density at radius 2 is 1.84 bits per heavy atom. The molecule has 0 bridgehead atoms. The summed E-state index contributed by atoms with van der Waals surface area (Å²) < 4.78 is 8.73. The maximum atomic E-state index is 13.4. The maximum absolute atomic E-state index is 13.4. The Balaban J connectivity index is 1.78. The largest absolute Gasteiger partial charge is 0.457 e. The van der Waals surface area contributed by atoms with E-state index in [9.17, 15) is 9.59 Å². The predicted octanol–water partition coefficient (Wildman–Crippen LogP) is 3.23. The van der Waals surface area contributed by atoms with Crippen molar-refractivity contribution in [1.82, 2.24) is 14.1 Å². The van der Waals surface area contributed by atoms with E-state index in [-0.39, 0.29) is 12.2 Å². The van der Waals surface area contributed by atoms with Gasteiger partial charge in [-0.2, -0.15) is 0 Å². The topological polar surface area (TPSA) is 78.5 Å². The number of fused-ring (bicyclic) bond motifs is 1. The summed E-state index contributed by atoms with van der Waals surface area (Å²) in [6, 6.07) is 18.1. The fourth-order valence-corrected chi connectivity index (χ4v) is 3.55. The molecule has 4 rings (SSSR count). The fraction of sp³-hybridized carbons (Fsp3) is 0.120. The zero-order chi connectivity index (χ0) is 22.5. The molecule has 2 heterocycles. The Hall–Kier alpha value is -4.26. The SMILES string of the molecule is C=Cn1c(=NC)n(Cc2ccccc2)c(=O)c2cc(C(=O)OCc3ccncc3)ccc21. The average Bonchev–Trinajstić information content (AvgIpc) is 2.85. The lowest BCUT2D eigenvalue weighted by molar-refractivity contribution is 0.0473. The maximum Gasteiger partial charge on any atom is 0.338 e. The van der Waals surface area contributed by atoms with Crippen LogP contribution in [0.5, 0.6) is 0 Å². The molecule has 160 valence electrons. The van der Waals surface area contributed by atoms with E-state index in [1.54, 1.807) is 65.1 Å². The molecule has 2 aromatic carbocycles. The molecule has 4 aromatic rings. The van der Waals surface area contributed by atoms with Crippen LogP contribution in [0.1, 0.15) is 21.5 Å². The first-order valence-corrected chi connectivity index (χ1v) is 10.1. The van der Waals surface area contributed by atoms with E-state index in [2.05, 4.69) is 16.6 Å². The van der Waals surface area contributed by atoms with Crippen LogP contribution in [0.15, 0.2) is 89.4 Å². The third-order valence-corrected chi connectivity index (χ3v) is 5.11. The molecule has 0 spiro atoms. The Kier molecular flexibility index (Phi) is 6.07. The molecule has 2 aromatic heterocycles. The van der Waals surface area contributed by atoms with Crippen LogP contribution >= 0.6 is 0 Å². The molecule has 7 nitrogen and oxygen atoms in total. The normalized spacial score (nSPS) is 11.5. The summed E-state index contributed by atoms with van der Waals surface area (Å²) in [6.07, 6.45) is 4.88. The summed E-state index contributed by atoms with van der Waals surface area (Å²) >= 11 is 0. The van der Waals surface area contributed by atoms with Gasteiger partial charge in [-0.05, 0) is 41.5 Å². The third kappa shape index (κ3) is 4.13. The number of esters is 1. The predicted molar refractivity (Wildman–Crippen MR) is 123 cm³/mol. The summed E-state index contributed by atoms with van der Waals surface area (Å²) in [7, 11) is 1.63. The molecule has 0 atom stereocenters. The molecular weight excluding hydrogens is 404 g/mol. The molecule has 0 saturated heterocycles. The van der Waals surface area contributed by atoms with Gasteiger partial charge in [-0.15, -0.1) is 0 Å². The second kappa shape index (κ2) is 9.26. The van der Waals surface area contributed by atoms with E-state index < -0.39 is 5.97 Å². The van der Waals surface area contributed by atoms with Crippen molar-refractivity contribution in [3.8, 4) is 0 Å². The quantitative estimate of drug-likeness (QED) is 0.444. The Bertz CT molecular complexity index is 1400. The van der Waals surface area contributed by atoms with Crippen molar-refractivity contribution < 1.29 is 9.53 Å². The van der Waals surface area contributed by atoms with Crippen LogP contribution in [-0.4, -0.2) is 27.1 Å². The van der Waals surface area contributed by atoms with Crippen LogP contribution < -0.4 is 11.2 Å². The van der Waals surface area contributed by atoms with Gasteiger partial charge >= 0.3 is 5.97 Å². The zero-order valence-electron chi connectivity index (χ0n) is 17.6. The molecule has 0 fully saturated rings. The standard InChI is InChI=1S/C25H22N4O3/c1-3-28-22-10-9-20(24(31)32-17-19-11-13-27-14-12-19)15-21(22)23(30)29(25(28)26-2)16-18-7-5-4-6-8-18/h3-15H,1,16-17H2,2H3. The number of carbonyl (C=O) groups excluding carboxylic acids is 1. The summed E-state index contributed by atoms with van der Waals surface area (Å²) in [6.45, 7) is 4.34. The van der Waals surface area contributed by atoms with Crippen LogP contribution in [0.2, 0.25) is 0 Å². The third-order valence-electron chi connectivity index (χ3n) is 5.11. The smallest absolute Gasteiger partial charge is 0.338 e. The van der Waals surface area contributed by atoms with Crippen LogP contribution in [0.3, 0.4) is 0 Å². The number of aromatic nitrogens is 3. The van der Waals surface area contributed by atoms with E-state index in [1.165, 1.54) is 0 Å².